The number of hydrogen-bond donors (Lipinski definition) is 0. The summed E-state index contributed by atoms with van der Waals surface area (Å²) in [5.74, 6) is 0.484. The molecule has 3 aromatic heterocycles. The molecule has 2 fully saturated rings. The van der Waals surface area contributed by atoms with Crippen molar-refractivity contribution >= 4 is 32.7 Å². The molecule has 31 heavy (non-hydrogen) atoms. The predicted molar refractivity (Wildman–Crippen MR) is 122 cm³/mol. The number of piperazine rings is 1. The van der Waals surface area contributed by atoms with Gasteiger partial charge in [-0.25, -0.2) is 19.9 Å². The summed E-state index contributed by atoms with van der Waals surface area (Å²) in [6.07, 6.45) is 6.85. The minimum atomic E-state index is 0.140. The quantitative estimate of drug-likeness (QED) is 0.621. The van der Waals surface area contributed by atoms with Crippen LogP contribution in [0.3, 0.4) is 0 Å². The van der Waals surface area contributed by atoms with Gasteiger partial charge in [0.1, 0.15) is 16.7 Å². The van der Waals surface area contributed by atoms with Crippen LogP contribution in [0.2, 0.25) is 0 Å². The predicted octanol–water partition coefficient (Wildman–Crippen LogP) is 2.53. The van der Waals surface area contributed by atoms with Crippen LogP contribution in [-0.4, -0.2) is 81.5 Å². The zero-order valence-corrected chi connectivity index (χ0v) is 18.6. The second kappa shape index (κ2) is 8.84. The van der Waals surface area contributed by atoms with Crippen LogP contribution in [0.5, 0.6) is 0 Å². The second-order valence-corrected chi connectivity index (χ2v) is 9.12. The van der Waals surface area contributed by atoms with E-state index in [9.17, 15) is 4.79 Å². The van der Waals surface area contributed by atoms with Crippen LogP contribution in [0.1, 0.15) is 19.8 Å². The third-order valence-electron chi connectivity index (χ3n) is 6.35. The molecule has 0 aliphatic carbocycles. The highest BCUT2D eigenvalue weighted by Gasteiger charge is 2.31. The molecule has 2 aliphatic rings. The molecule has 2 saturated heterocycles. The molecule has 5 heterocycles. The number of anilines is 1. The normalized spacial score (nSPS) is 18.6. The number of piperidine rings is 1. The molecule has 0 atom stereocenters. The van der Waals surface area contributed by atoms with Gasteiger partial charge in [0.15, 0.2) is 5.13 Å². The van der Waals surface area contributed by atoms with Crippen molar-refractivity contribution in [2.24, 2.45) is 5.92 Å². The molecule has 0 aromatic carbocycles. The maximum absolute atomic E-state index is 13.0. The van der Waals surface area contributed by atoms with E-state index < -0.39 is 0 Å². The molecule has 8 nitrogen and oxygen atoms in total. The number of thiazole rings is 1. The number of hydrogen-bond acceptors (Lipinski definition) is 8. The summed E-state index contributed by atoms with van der Waals surface area (Å²) in [5, 5.41) is 0.992. The Labute approximate surface area is 185 Å². The van der Waals surface area contributed by atoms with Crippen molar-refractivity contribution in [2.45, 2.75) is 19.8 Å². The summed E-state index contributed by atoms with van der Waals surface area (Å²) in [4.78, 5) is 38.4. The van der Waals surface area contributed by atoms with Crippen molar-refractivity contribution in [1.82, 2.24) is 29.7 Å². The SMILES string of the molecule is CCN1CCN(C(=O)C2CCN(c3nc4ccc(-c5cncnc5)nc4s3)CC2)CC1. The van der Waals surface area contributed by atoms with Crippen molar-refractivity contribution in [2.75, 3.05) is 50.7 Å². The van der Waals surface area contributed by atoms with Crippen molar-refractivity contribution in [3.63, 3.8) is 0 Å². The largest absolute Gasteiger partial charge is 0.348 e. The summed E-state index contributed by atoms with van der Waals surface area (Å²) in [7, 11) is 0. The molecule has 0 spiro atoms. The second-order valence-electron chi connectivity index (χ2n) is 8.17. The van der Waals surface area contributed by atoms with E-state index in [0.717, 1.165) is 85.4 Å². The van der Waals surface area contributed by atoms with Crippen LogP contribution < -0.4 is 4.90 Å². The van der Waals surface area contributed by atoms with Crippen LogP contribution in [0, 0.1) is 5.92 Å². The topological polar surface area (TPSA) is 78.4 Å². The standard InChI is InChI=1S/C22H27N7OS/c1-2-27-9-11-28(12-10-27)21(30)16-5-7-29(8-6-16)22-26-19-4-3-18(25-20(19)31-22)17-13-23-15-24-14-17/h3-4,13-16H,2,5-12H2,1H3. The van der Waals surface area contributed by atoms with Crippen LogP contribution in [0.15, 0.2) is 30.9 Å². The fraction of sp³-hybridized carbons (Fsp3) is 0.500. The Morgan fingerprint density at radius 2 is 1.77 bits per heavy atom. The highest BCUT2D eigenvalue weighted by atomic mass is 32.1. The van der Waals surface area contributed by atoms with Crippen LogP contribution in [0.25, 0.3) is 21.6 Å². The molecule has 9 heteroatoms. The van der Waals surface area contributed by atoms with Crippen LogP contribution in [-0.2, 0) is 4.79 Å². The third kappa shape index (κ3) is 4.24. The molecule has 0 saturated carbocycles. The van der Waals surface area contributed by atoms with Crippen molar-refractivity contribution in [1.29, 1.82) is 0 Å². The van der Waals surface area contributed by atoms with Gasteiger partial charge in [-0.15, -0.1) is 0 Å². The highest BCUT2D eigenvalue weighted by molar-refractivity contribution is 7.21. The molecule has 1 amide bonds. The van der Waals surface area contributed by atoms with E-state index in [4.69, 9.17) is 9.97 Å². The Bertz CT molecular complexity index is 1040. The first-order valence-electron chi connectivity index (χ1n) is 11.0. The average molecular weight is 438 g/mol. The van der Waals surface area contributed by atoms with E-state index in [1.165, 1.54) is 6.33 Å². The molecule has 0 unspecified atom stereocenters. The minimum absolute atomic E-state index is 0.140. The van der Waals surface area contributed by atoms with Gasteiger partial charge < -0.3 is 14.7 Å². The monoisotopic (exact) mass is 437 g/mol. The summed E-state index contributed by atoms with van der Waals surface area (Å²) < 4.78 is 0. The lowest BCUT2D eigenvalue weighted by Gasteiger charge is -2.38. The maximum atomic E-state index is 13.0. The van der Waals surface area contributed by atoms with Gasteiger partial charge in [-0.05, 0) is 31.5 Å². The van der Waals surface area contributed by atoms with Gasteiger partial charge in [0.05, 0.1) is 5.69 Å². The van der Waals surface area contributed by atoms with Gasteiger partial charge in [0, 0.05) is 63.1 Å². The highest BCUT2D eigenvalue weighted by Crippen LogP contribution is 2.32. The van der Waals surface area contributed by atoms with Gasteiger partial charge in [0.2, 0.25) is 5.91 Å². The van der Waals surface area contributed by atoms with Crippen molar-refractivity contribution < 1.29 is 4.79 Å². The van der Waals surface area contributed by atoms with E-state index in [2.05, 4.69) is 31.6 Å². The van der Waals surface area contributed by atoms with E-state index in [1.807, 2.05) is 12.1 Å². The summed E-state index contributed by atoms with van der Waals surface area (Å²) in [5.41, 5.74) is 2.67. The van der Waals surface area contributed by atoms with Gasteiger partial charge >= 0.3 is 0 Å². The van der Waals surface area contributed by atoms with Gasteiger partial charge in [-0.1, -0.05) is 18.3 Å². The summed E-state index contributed by atoms with van der Waals surface area (Å²) in [6, 6.07) is 3.98. The number of nitrogens with zero attached hydrogens (tertiary/aromatic N) is 7. The molecule has 5 rings (SSSR count). The lowest BCUT2D eigenvalue weighted by Crippen LogP contribution is -2.51. The number of fused-ring (bicyclic) bond motifs is 1. The molecule has 2 aliphatic heterocycles. The first-order chi connectivity index (χ1) is 15.2. The van der Waals surface area contributed by atoms with E-state index in [-0.39, 0.29) is 5.92 Å². The lowest BCUT2D eigenvalue weighted by molar-refractivity contribution is -0.137. The third-order valence-corrected chi connectivity index (χ3v) is 7.37. The Hall–Kier alpha value is -2.65. The summed E-state index contributed by atoms with van der Waals surface area (Å²) in [6.45, 7) is 8.71. The Morgan fingerprint density at radius 1 is 1.03 bits per heavy atom. The Morgan fingerprint density at radius 3 is 2.48 bits per heavy atom. The smallest absolute Gasteiger partial charge is 0.225 e. The number of likely N-dealkylation sites (N-methyl/N-ethyl adjacent to an activating group) is 1. The zero-order valence-electron chi connectivity index (χ0n) is 17.8. The van der Waals surface area contributed by atoms with Gasteiger partial charge in [-0.2, -0.15) is 0 Å². The lowest BCUT2D eigenvalue weighted by atomic mass is 9.95. The number of aromatic nitrogens is 4. The van der Waals surface area contributed by atoms with Crippen LogP contribution >= 0.6 is 11.3 Å². The zero-order chi connectivity index (χ0) is 21.2. The van der Waals surface area contributed by atoms with Crippen molar-refractivity contribution in [3.8, 4) is 11.3 Å². The molecular formula is C22H27N7OS. The molecular weight excluding hydrogens is 410 g/mol. The molecule has 3 aromatic rings. The number of carbonyl (C=O) groups excluding carboxylic acids is 1. The fourth-order valence-corrected chi connectivity index (χ4v) is 5.38. The van der Waals surface area contributed by atoms with Gasteiger partial charge in [-0.3, -0.25) is 4.79 Å². The number of carbonyl (C=O) groups is 1. The molecule has 162 valence electrons. The fourth-order valence-electron chi connectivity index (χ4n) is 4.39. The van der Waals surface area contributed by atoms with E-state index in [1.54, 1.807) is 23.7 Å². The number of pyridine rings is 1. The first-order valence-corrected chi connectivity index (χ1v) is 11.8. The minimum Gasteiger partial charge on any atom is -0.348 e. The average Bonchev–Trinajstić information content (AvgIpc) is 3.28. The maximum Gasteiger partial charge on any atom is 0.225 e. The molecule has 0 bridgehead atoms. The number of rotatable bonds is 4. The van der Waals surface area contributed by atoms with Gasteiger partial charge in [0.25, 0.3) is 0 Å². The Kier molecular flexibility index (Phi) is 5.78. The molecule has 0 radical (unpaired) electrons. The van der Waals surface area contributed by atoms with Crippen molar-refractivity contribution in [3.05, 3.63) is 30.9 Å². The number of amides is 1. The molecule has 0 N–H and O–H groups in total. The van der Waals surface area contributed by atoms with E-state index >= 15 is 0 Å². The van der Waals surface area contributed by atoms with E-state index in [0.29, 0.717) is 5.91 Å². The Balaban J connectivity index is 1.23. The first kappa shape index (κ1) is 20.3. The summed E-state index contributed by atoms with van der Waals surface area (Å²) >= 11 is 1.62. The van der Waals surface area contributed by atoms with Crippen LogP contribution in [0.4, 0.5) is 5.13 Å².